The molecule has 0 fully saturated rings. The molecule has 0 aliphatic rings. The summed E-state index contributed by atoms with van der Waals surface area (Å²) in [7, 11) is 1.20. The predicted octanol–water partition coefficient (Wildman–Crippen LogP) is 0.405. The van der Waals surface area contributed by atoms with Crippen LogP contribution in [0.5, 0.6) is 0 Å². The molecule has 2 amide bonds. The Hall–Kier alpha value is -5.08. The minimum atomic E-state index is -1.38. The van der Waals surface area contributed by atoms with Crippen molar-refractivity contribution in [3.05, 3.63) is 41.7 Å². The van der Waals surface area contributed by atoms with Gasteiger partial charge in [0.05, 0.1) is 25.5 Å². The summed E-state index contributed by atoms with van der Waals surface area (Å²) >= 11 is 0. The number of aromatic nitrogens is 4. The first-order chi connectivity index (χ1) is 17.1. The van der Waals surface area contributed by atoms with Crippen molar-refractivity contribution in [1.29, 1.82) is 0 Å². The van der Waals surface area contributed by atoms with Gasteiger partial charge < -0.3 is 31.7 Å². The maximum atomic E-state index is 12.5. The topological polar surface area (TPSA) is 237 Å². The first-order valence-corrected chi connectivity index (χ1v) is 10.3. The molecule has 0 radical (unpaired) electrons. The second-order valence-corrected chi connectivity index (χ2v) is 7.40. The first kappa shape index (κ1) is 25.5. The molecule has 2 aromatic heterocycles. The van der Waals surface area contributed by atoms with Gasteiger partial charge in [-0.15, -0.1) is 0 Å². The number of carboxylic acid groups (broad SMARTS) is 2. The smallest absolute Gasteiger partial charge is 0.414 e. The number of fused-ring (bicyclic) bond motifs is 1. The van der Waals surface area contributed by atoms with Crippen LogP contribution in [0, 0.1) is 0 Å². The van der Waals surface area contributed by atoms with Crippen LogP contribution in [0.25, 0.3) is 11.2 Å². The van der Waals surface area contributed by atoms with Gasteiger partial charge >= 0.3 is 18.0 Å². The van der Waals surface area contributed by atoms with Crippen molar-refractivity contribution < 1.29 is 34.1 Å². The largest absolute Gasteiger partial charge is 0.481 e. The molecule has 188 valence electrons. The molecule has 0 aliphatic carbocycles. The number of nitrogens with two attached hydrogens (primary N) is 2. The Morgan fingerprint density at radius 3 is 2.39 bits per heavy atom. The number of benzene rings is 1. The van der Waals surface area contributed by atoms with E-state index < -0.39 is 36.4 Å². The van der Waals surface area contributed by atoms with Gasteiger partial charge in [-0.05, 0) is 30.7 Å². The normalized spacial score (nSPS) is 11.5. The van der Waals surface area contributed by atoms with Gasteiger partial charge in [0.15, 0.2) is 17.0 Å². The van der Waals surface area contributed by atoms with Crippen LogP contribution in [-0.2, 0) is 20.9 Å². The SMILES string of the molecule is COC(=O)N(Cc1cnc2nc(N)nc(N)c2n1)c1ccc(C(=O)N[C@@H](CCC(=O)O)C(=O)O)cc1. The number of nitrogen functional groups attached to an aromatic ring is 2. The highest BCUT2D eigenvalue weighted by atomic mass is 16.5. The molecule has 0 unspecified atom stereocenters. The standard InChI is InChI=1S/C21H22N8O7/c1-36-21(35)29(9-11-8-24-17-15(25-11)16(22)27-20(23)28-17)12-4-2-10(3-5-12)18(32)26-13(19(33)34)6-7-14(30)31/h2-5,8,13H,6-7,9H2,1H3,(H,26,32)(H,30,31)(H,33,34)(H4,22,23,24,27,28)/t13-/m0/s1. The lowest BCUT2D eigenvalue weighted by Crippen LogP contribution is -2.41. The summed E-state index contributed by atoms with van der Waals surface area (Å²) in [5.74, 6) is -3.30. The number of methoxy groups -OCH3 is 1. The highest BCUT2D eigenvalue weighted by Crippen LogP contribution is 2.21. The van der Waals surface area contributed by atoms with Gasteiger partial charge in [0.2, 0.25) is 5.95 Å². The minimum absolute atomic E-state index is 0.0230. The molecule has 1 atom stereocenters. The van der Waals surface area contributed by atoms with E-state index in [0.717, 1.165) is 0 Å². The molecule has 0 bridgehead atoms. The number of anilines is 3. The third-order valence-electron chi connectivity index (χ3n) is 4.91. The van der Waals surface area contributed by atoms with Gasteiger partial charge in [-0.2, -0.15) is 9.97 Å². The molecule has 3 rings (SSSR count). The zero-order valence-electron chi connectivity index (χ0n) is 18.9. The first-order valence-electron chi connectivity index (χ1n) is 10.3. The molecule has 0 spiro atoms. The average Bonchev–Trinajstić information content (AvgIpc) is 2.84. The van der Waals surface area contributed by atoms with E-state index in [2.05, 4.69) is 25.3 Å². The second kappa shape index (κ2) is 10.9. The number of amides is 2. The summed E-state index contributed by atoms with van der Waals surface area (Å²) in [4.78, 5) is 64.5. The summed E-state index contributed by atoms with van der Waals surface area (Å²) in [5, 5.41) is 20.3. The Balaban J connectivity index is 1.80. The Morgan fingerprint density at radius 1 is 1.08 bits per heavy atom. The molecular weight excluding hydrogens is 476 g/mol. The van der Waals surface area contributed by atoms with Crippen LogP contribution in [0.1, 0.15) is 28.9 Å². The monoisotopic (exact) mass is 498 g/mol. The third kappa shape index (κ3) is 6.07. The van der Waals surface area contributed by atoms with E-state index in [1.54, 1.807) is 0 Å². The van der Waals surface area contributed by atoms with Gasteiger partial charge in [0.1, 0.15) is 6.04 Å². The molecule has 15 heteroatoms. The van der Waals surface area contributed by atoms with Crippen LogP contribution >= 0.6 is 0 Å². The van der Waals surface area contributed by atoms with Gasteiger partial charge in [-0.1, -0.05) is 0 Å². The maximum absolute atomic E-state index is 12.5. The number of hydrogen-bond acceptors (Lipinski definition) is 11. The zero-order chi connectivity index (χ0) is 26.4. The van der Waals surface area contributed by atoms with Crippen LogP contribution in [0.2, 0.25) is 0 Å². The molecule has 0 saturated heterocycles. The van der Waals surface area contributed by atoms with Crippen LogP contribution in [0.4, 0.5) is 22.2 Å². The molecule has 3 aromatic rings. The molecule has 15 nitrogen and oxygen atoms in total. The number of ether oxygens (including phenoxy) is 1. The number of carbonyl (C=O) groups excluding carboxylic acids is 2. The van der Waals surface area contributed by atoms with Crippen molar-refractivity contribution >= 4 is 52.6 Å². The van der Waals surface area contributed by atoms with Gasteiger partial charge in [0.25, 0.3) is 5.91 Å². The number of hydrogen-bond donors (Lipinski definition) is 5. The second-order valence-electron chi connectivity index (χ2n) is 7.40. The highest BCUT2D eigenvalue weighted by molar-refractivity contribution is 5.97. The van der Waals surface area contributed by atoms with Crippen molar-refractivity contribution in [2.75, 3.05) is 23.5 Å². The van der Waals surface area contributed by atoms with Gasteiger partial charge in [-0.25, -0.2) is 19.6 Å². The lowest BCUT2D eigenvalue weighted by atomic mass is 10.1. The van der Waals surface area contributed by atoms with Crippen molar-refractivity contribution in [1.82, 2.24) is 25.3 Å². The van der Waals surface area contributed by atoms with Crippen molar-refractivity contribution in [3.8, 4) is 0 Å². The van der Waals surface area contributed by atoms with Crippen LogP contribution in [-0.4, -0.2) is 67.2 Å². The Labute approximate surface area is 203 Å². The Bertz CT molecular complexity index is 1320. The third-order valence-corrected chi connectivity index (χ3v) is 4.91. The van der Waals surface area contributed by atoms with E-state index in [0.29, 0.717) is 11.4 Å². The van der Waals surface area contributed by atoms with E-state index in [4.69, 9.17) is 21.3 Å². The number of carboxylic acids is 2. The summed E-state index contributed by atoms with van der Waals surface area (Å²) in [6.07, 6.45) is -0.0443. The molecule has 0 saturated carbocycles. The number of aliphatic carboxylic acids is 2. The highest BCUT2D eigenvalue weighted by Gasteiger charge is 2.23. The lowest BCUT2D eigenvalue weighted by Gasteiger charge is -2.21. The fourth-order valence-corrected chi connectivity index (χ4v) is 3.15. The molecular formula is C21H22N8O7. The van der Waals surface area contributed by atoms with E-state index in [1.807, 2.05) is 0 Å². The van der Waals surface area contributed by atoms with E-state index in [-0.39, 0.29) is 41.5 Å². The fourth-order valence-electron chi connectivity index (χ4n) is 3.15. The Kier molecular flexibility index (Phi) is 7.73. The molecule has 7 N–H and O–H groups in total. The fraction of sp³-hybridized carbons (Fsp3) is 0.238. The number of nitrogens with zero attached hydrogens (tertiary/aromatic N) is 5. The summed E-state index contributed by atoms with van der Waals surface area (Å²) < 4.78 is 4.85. The molecule has 2 heterocycles. The molecule has 36 heavy (non-hydrogen) atoms. The van der Waals surface area contributed by atoms with Crippen LogP contribution < -0.4 is 21.7 Å². The van der Waals surface area contributed by atoms with E-state index >= 15 is 0 Å². The summed E-state index contributed by atoms with van der Waals surface area (Å²) in [6.45, 7) is -0.0821. The molecule has 0 aliphatic heterocycles. The van der Waals surface area contributed by atoms with Gasteiger partial charge in [0, 0.05) is 17.7 Å². The van der Waals surface area contributed by atoms with E-state index in [1.165, 1.54) is 42.5 Å². The van der Waals surface area contributed by atoms with Gasteiger partial charge in [-0.3, -0.25) is 14.5 Å². The van der Waals surface area contributed by atoms with Crippen molar-refractivity contribution in [3.63, 3.8) is 0 Å². The zero-order valence-corrected chi connectivity index (χ0v) is 18.9. The Morgan fingerprint density at radius 2 is 1.78 bits per heavy atom. The number of nitrogens with one attached hydrogen (secondary N) is 1. The summed E-state index contributed by atoms with van der Waals surface area (Å²) in [5.41, 5.74) is 12.6. The van der Waals surface area contributed by atoms with Crippen LogP contribution in [0.3, 0.4) is 0 Å². The van der Waals surface area contributed by atoms with Crippen molar-refractivity contribution in [2.24, 2.45) is 0 Å². The molecule has 1 aromatic carbocycles. The van der Waals surface area contributed by atoms with E-state index in [9.17, 15) is 24.3 Å². The minimum Gasteiger partial charge on any atom is -0.481 e. The lowest BCUT2D eigenvalue weighted by molar-refractivity contribution is -0.140. The van der Waals surface area contributed by atoms with Crippen LogP contribution in [0.15, 0.2) is 30.5 Å². The number of rotatable bonds is 9. The average molecular weight is 498 g/mol. The summed E-state index contributed by atoms with van der Waals surface area (Å²) in [6, 6.07) is 4.27. The maximum Gasteiger partial charge on any atom is 0.414 e. The number of carbonyl (C=O) groups is 4. The predicted molar refractivity (Wildman–Crippen MR) is 125 cm³/mol. The quantitative estimate of drug-likeness (QED) is 0.269. The van der Waals surface area contributed by atoms with Crippen molar-refractivity contribution in [2.45, 2.75) is 25.4 Å².